The second-order valence-electron chi connectivity index (χ2n) is 10.7. The number of benzene rings is 3. The van der Waals surface area contributed by atoms with E-state index in [9.17, 15) is 13.2 Å². The second-order valence-corrected chi connectivity index (χ2v) is 12.3. The van der Waals surface area contributed by atoms with E-state index in [0.29, 0.717) is 12.1 Å². The van der Waals surface area contributed by atoms with Crippen molar-refractivity contribution in [3.8, 4) is 11.1 Å². The van der Waals surface area contributed by atoms with Gasteiger partial charge in [0, 0.05) is 17.7 Å². The van der Waals surface area contributed by atoms with Gasteiger partial charge in [0.05, 0.1) is 11.4 Å². The molecule has 2 aromatic heterocycles. The normalized spacial score (nSPS) is 11.5. The van der Waals surface area contributed by atoms with Crippen LogP contribution < -0.4 is 4.72 Å². The molecule has 43 heavy (non-hydrogen) atoms. The molecule has 2 heterocycles. The Bertz CT molecular complexity index is 1860. The largest absolute Gasteiger partial charge is 0.444 e. The number of rotatable bonds is 10. The van der Waals surface area contributed by atoms with Crippen LogP contribution in [0.25, 0.3) is 22.3 Å². The highest BCUT2D eigenvalue weighted by Gasteiger charge is 2.23. The molecule has 0 saturated heterocycles. The van der Waals surface area contributed by atoms with E-state index < -0.39 is 16.1 Å². The summed E-state index contributed by atoms with van der Waals surface area (Å²) in [5.74, 6) is 0.964. The summed E-state index contributed by atoms with van der Waals surface area (Å²) in [6.45, 7) is 8.75. The van der Waals surface area contributed by atoms with Gasteiger partial charge in [-0.15, -0.1) is 0 Å². The van der Waals surface area contributed by atoms with E-state index >= 15 is 0 Å². The molecule has 0 bridgehead atoms. The fourth-order valence-electron chi connectivity index (χ4n) is 5.26. The molecule has 0 aliphatic rings. The van der Waals surface area contributed by atoms with Gasteiger partial charge in [-0.1, -0.05) is 80.9 Å². The third-order valence-corrected chi connectivity index (χ3v) is 8.70. The van der Waals surface area contributed by atoms with Crippen LogP contribution in [0.4, 0.5) is 4.79 Å². The first-order valence-electron chi connectivity index (χ1n) is 14.5. The summed E-state index contributed by atoms with van der Waals surface area (Å²) in [6.07, 6.45) is 1.47. The lowest BCUT2D eigenvalue weighted by atomic mass is 10.00. The molecule has 5 rings (SSSR count). The summed E-state index contributed by atoms with van der Waals surface area (Å²) < 4.78 is 36.2. The molecule has 9 heteroatoms. The van der Waals surface area contributed by atoms with Crippen molar-refractivity contribution >= 4 is 27.3 Å². The number of fused-ring (bicyclic) bond motifs is 1. The van der Waals surface area contributed by atoms with Crippen LogP contribution in [0.5, 0.6) is 0 Å². The van der Waals surface area contributed by atoms with Crippen LogP contribution in [-0.2, 0) is 40.8 Å². The van der Waals surface area contributed by atoms with Gasteiger partial charge in [0.15, 0.2) is 5.65 Å². The van der Waals surface area contributed by atoms with Crippen molar-refractivity contribution in [2.45, 2.75) is 65.0 Å². The lowest BCUT2D eigenvalue weighted by Crippen LogP contribution is -2.31. The molecule has 0 aliphatic carbocycles. The minimum Gasteiger partial charge on any atom is -0.444 e. The van der Waals surface area contributed by atoms with Crippen LogP contribution in [0, 0.1) is 13.8 Å². The fourth-order valence-corrected chi connectivity index (χ4v) is 6.36. The van der Waals surface area contributed by atoms with Crippen molar-refractivity contribution < 1.29 is 17.9 Å². The Kier molecular flexibility index (Phi) is 8.92. The van der Waals surface area contributed by atoms with Gasteiger partial charge in [-0.3, -0.25) is 0 Å². The topological polar surface area (TPSA) is 103 Å². The zero-order valence-corrected chi connectivity index (χ0v) is 25.7. The number of nitrogens with zero attached hydrogens (tertiary/aromatic N) is 3. The summed E-state index contributed by atoms with van der Waals surface area (Å²) in [4.78, 5) is 22.1. The van der Waals surface area contributed by atoms with Crippen LogP contribution in [0.3, 0.4) is 0 Å². The molecule has 0 spiro atoms. The van der Waals surface area contributed by atoms with Crippen LogP contribution in [0.2, 0.25) is 0 Å². The smallest absolute Gasteiger partial charge is 0.421 e. The number of sulfonamides is 1. The number of aryl methyl sites for hydroxylation is 4. The lowest BCUT2D eigenvalue weighted by molar-refractivity contribution is 0.146. The monoisotopic (exact) mass is 596 g/mol. The maximum atomic E-state index is 13.4. The second kappa shape index (κ2) is 12.8. The molecule has 0 unspecified atom stereocenters. The van der Waals surface area contributed by atoms with Gasteiger partial charge in [0.2, 0.25) is 0 Å². The molecule has 0 fully saturated rings. The van der Waals surface area contributed by atoms with Crippen molar-refractivity contribution in [2.24, 2.45) is 0 Å². The number of ether oxygens (including phenoxy) is 1. The maximum absolute atomic E-state index is 13.4. The van der Waals surface area contributed by atoms with Crippen molar-refractivity contribution in [3.63, 3.8) is 0 Å². The SMILES string of the molecule is CCCc1ccc(S(=O)(=O)NC(=O)OCc2ccccc2)c(-c2ccc(Cn3c(CC)nc4c(C)cc(C)nc43)cc2)c1. The Hall–Kier alpha value is -4.50. The minimum absolute atomic E-state index is 0.0146. The van der Waals surface area contributed by atoms with Crippen molar-refractivity contribution in [3.05, 3.63) is 113 Å². The number of carbonyl (C=O) groups is 1. The Morgan fingerprint density at radius 3 is 2.30 bits per heavy atom. The Morgan fingerprint density at radius 1 is 0.884 bits per heavy atom. The van der Waals surface area contributed by atoms with Gasteiger partial charge in [-0.2, -0.15) is 0 Å². The van der Waals surface area contributed by atoms with Crippen molar-refractivity contribution in [2.75, 3.05) is 0 Å². The van der Waals surface area contributed by atoms with E-state index in [1.54, 1.807) is 24.3 Å². The third kappa shape index (κ3) is 6.78. The van der Waals surface area contributed by atoms with Gasteiger partial charge in [0.25, 0.3) is 10.0 Å². The van der Waals surface area contributed by atoms with Gasteiger partial charge in [-0.25, -0.2) is 27.9 Å². The number of nitrogens with one attached hydrogen (secondary N) is 1. The molecule has 1 N–H and O–H groups in total. The van der Waals surface area contributed by atoms with Gasteiger partial charge < -0.3 is 9.30 Å². The van der Waals surface area contributed by atoms with Gasteiger partial charge in [0.1, 0.15) is 17.9 Å². The zero-order chi connectivity index (χ0) is 30.6. The highest BCUT2D eigenvalue weighted by molar-refractivity contribution is 7.90. The maximum Gasteiger partial charge on any atom is 0.421 e. The number of hydrogen-bond acceptors (Lipinski definition) is 6. The summed E-state index contributed by atoms with van der Waals surface area (Å²) in [7, 11) is -4.21. The predicted molar refractivity (Wildman–Crippen MR) is 168 cm³/mol. The molecular weight excluding hydrogens is 560 g/mol. The average Bonchev–Trinajstić information content (AvgIpc) is 3.34. The van der Waals surface area contributed by atoms with E-state index in [2.05, 4.69) is 30.1 Å². The van der Waals surface area contributed by atoms with E-state index in [1.807, 2.05) is 61.5 Å². The van der Waals surface area contributed by atoms with Crippen LogP contribution in [0.15, 0.2) is 83.8 Å². The first kappa shape index (κ1) is 30.0. The van der Waals surface area contributed by atoms with Crippen LogP contribution >= 0.6 is 0 Å². The molecule has 0 atom stereocenters. The number of aromatic nitrogens is 3. The summed E-state index contributed by atoms with van der Waals surface area (Å²) >= 11 is 0. The standard InChI is InChI=1S/C34H36N4O4S/c1-5-10-25-15-18-30(43(40,41)37-34(39)42-22-27-11-8-7-9-12-27)29(20-25)28-16-13-26(14-17-28)21-38-31(6-2)36-32-23(3)19-24(4)35-33(32)38/h7-9,11-20H,5-6,10,21-22H2,1-4H3,(H,37,39). The molecule has 0 radical (unpaired) electrons. The quantitative estimate of drug-likeness (QED) is 0.188. The summed E-state index contributed by atoms with van der Waals surface area (Å²) in [5.41, 5.74) is 7.90. The van der Waals surface area contributed by atoms with Crippen LogP contribution in [0.1, 0.15) is 54.0 Å². The first-order chi connectivity index (χ1) is 20.7. The van der Waals surface area contributed by atoms with Gasteiger partial charge >= 0.3 is 6.09 Å². The molecule has 8 nitrogen and oxygen atoms in total. The number of pyridine rings is 1. The molecular formula is C34H36N4O4S. The summed E-state index contributed by atoms with van der Waals surface area (Å²) in [6, 6.07) is 24.2. The molecule has 1 amide bonds. The molecule has 0 saturated carbocycles. The number of imidazole rings is 1. The number of carbonyl (C=O) groups excluding carboxylic acids is 1. The van der Waals surface area contributed by atoms with E-state index in [0.717, 1.165) is 69.8 Å². The molecule has 222 valence electrons. The summed E-state index contributed by atoms with van der Waals surface area (Å²) in [5, 5.41) is 0. The molecule has 0 aliphatic heterocycles. The lowest BCUT2D eigenvalue weighted by Gasteiger charge is -2.15. The van der Waals surface area contributed by atoms with E-state index in [4.69, 9.17) is 14.7 Å². The third-order valence-electron chi connectivity index (χ3n) is 7.33. The number of amides is 1. The Labute approximate surface area is 252 Å². The van der Waals surface area contributed by atoms with Crippen LogP contribution in [-0.4, -0.2) is 29.0 Å². The molecule has 3 aromatic carbocycles. The fraction of sp³-hybridized carbons (Fsp3) is 0.265. The Balaban J connectivity index is 1.43. The highest BCUT2D eigenvalue weighted by Crippen LogP contribution is 2.30. The predicted octanol–water partition coefficient (Wildman–Crippen LogP) is 6.89. The van der Waals surface area contributed by atoms with Gasteiger partial charge in [-0.05, 0) is 66.3 Å². The minimum atomic E-state index is -4.21. The van der Waals surface area contributed by atoms with E-state index in [1.165, 1.54) is 0 Å². The average molecular weight is 597 g/mol. The van der Waals surface area contributed by atoms with E-state index in [-0.39, 0.29) is 11.5 Å². The highest BCUT2D eigenvalue weighted by atomic mass is 32.2. The first-order valence-corrected chi connectivity index (χ1v) is 16.0. The van der Waals surface area contributed by atoms with Crippen molar-refractivity contribution in [1.82, 2.24) is 19.3 Å². The molecule has 5 aromatic rings. The Morgan fingerprint density at radius 2 is 1.60 bits per heavy atom. The zero-order valence-electron chi connectivity index (χ0n) is 24.9. The van der Waals surface area contributed by atoms with Crippen molar-refractivity contribution in [1.29, 1.82) is 0 Å². The number of hydrogen-bond donors (Lipinski definition) is 1.